The quantitative estimate of drug-likeness (QED) is 0.587. The number of nitrogens with two attached hydrogens (primary N) is 1. The zero-order valence-electron chi connectivity index (χ0n) is 14.3. The maximum absolute atomic E-state index is 6.42. The highest BCUT2D eigenvalue weighted by atomic mass is 15.1. The number of fused-ring (bicyclic) bond motifs is 1. The van der Waals surface area contributed by atoms with E-state index >= 15 is 0 Å². The molecule has 3 heterocycles. The number of H-pyrrole nitrogens is 1. The summed E-state index contributed by atoms with van der Waals surface area (Å²) in [5, 5.41) is 7.65. The van der Waals surface area contributed by atoms with Crippen LogP contribution in [0.15, 0.2) is 52.4 Å². The number of nitrogens with one attached hydrogen (secondary N) is 3. The smallest absolute Gasteiger partial charge is 0.128 e. The van der Waals surface area contributed by atoms with Gasteiger partial charge in [-0.3, -0.25) is 9.98 Å². The number of rotatable bonds is 3. The summed E-state index contributed by atoms with van der Waals surface area (Å²) in [6.07, 6.45) is 0. The van der Waals surface area contributed by atoms with Gasteiger partial charge in [-0.15, -0.1) is 0 Å². The monoisotopic (exact) mass is 344 g/mol. The summed E-state index contributed by atoms with van der Waals surface area (Å²) in [5.41, 5.74) is 12.4. The van der Waals surface area contributed by atoms with E-state index in [1.165, 1.54) is 0 Å². The molecule has 0 bridgehead atoms. The van der Waals surface area contributed by atoms with Crippen LogP contribution in [0.2, 0.25) is 0 Å². The van der Waals surface area contributed by atoms with Gasteiger partial charge in [-0.1, -0.05) is 36.4 Å². The molecule has 0 saturated carbocycles. The minimum absolute atomic E-state index is 0.775. The van der Waals surface area contributed by atoms with Crippen LogP contribution in [-0.2, 0) is 0 Å². The SMILES string of the molecule is Nc1c(-c2ccc(C3=NCCN3)cc2)[nH]c2cc(C3=NCCN3)ccc12. The Hall–Kier alpha value is -3.28. The summed E-state index contributed by atoms with van der Waals surface area (Å²) in [4.78, 5) is 12.4. The molecular weight excluding hydrogens is 324 g/mol. The van der Waals surface area contributed by atoms with Crippen molar-refractivity contribution in [1.29, 1.82) is 0 Å². The lowest BCUT2D eigenvalue weighted by atomic mass is 10.1. The van der Waals surface area contributed by atoms with Gasteiger partial charge in [0.2, 0.25) is 0 Å². The predicted octanol–water partition coefficient (Wildman–Crippen LogP) is 2.12. The second-order valence-corrected chi connectivity index (χ2v) is 6.57. The third kappa shape index (κ3) is 2.42. The topological polar surface area (TPSA) is 90.6 Å². The van der Waals surface area contributed by atoms with Gasteiger partial charge < -0.3 is 21.4 Å². The molecule has 0 radical (unpaired) electrons. The molecule has 0 fully saturated rings. The van der Waals surface area contributed by atoms with Crippen molar-refractivity contribution in [3.63, 3.8) is 0 Å². The van der Waals surface area contributed by atoms with Gasteiger partial charge in [0.1, 0.15) is 11.7 Å². The molecule has 2 aliphatic rings. The highest BCUT2D eigenvalue weighted by Crippen LogP contribution is 2.33. The van der Waals surface area contributed by atoms with Gasteiger partial charge in [-0.25, -0.2) is 0 Å². The van der Waals surface area contributed by atoms with Crippen molar-refractivity contribution in [1.82, 2.24) is 15.6 Å². The first-order valence-corrected chi connectivity index (χ1v) is 8.88. The number of nitrogen functional groups attached to an aromatic ring is 1. The molecule has 26 heavy (non-hydrogen) atoms. The summed E-state index contributed by atoms with van der Waals surface area (Å²) in [6.45, 7) is 3.49. The first kappa shape index (κ1) is 15.0. The number of aromatic nitrogens is 1. The summed E-state index contributed by atoms with van der Waals surface area (Å²) < 4.78 is 0. The fourth-order valence-corrected chi connectivity index (χ4v) is 3.57. The van der Waals surface area contributed by atoms with E-state index in [0.717, 1.165) is 76.8 Å². The molecule has 5 rings (SSSR count). The van der Waals surface area contributed by atoms with Crippen molar-refractivity contribution in [3.05, 3.63) is 53.6 Å². The molecule has 0 amide bonds. The van der Waals surface area contributed by atoms with Crippen LogP contribution in [0.25, 0.3) is 22.2 Å². The zero-order valence-corrected chi connectivity index (χ0v) is 14.3. The highest BCUT2D eigenvalue weighted by Gasteiger charge is 2.14. The minimum Gasteiger partial charge on any atom is -0.396 e. The molecule has 0 aliphatic carbocycles. The number of amidine groups is 2. The van der Waals surface area contributed by atoms with Crippen LogP contribution in [0, 0.1) is 0 Å². The van der Waals surface area contributed by atoms with E-state index in [-0.39, 0.29) is 0 Å². The van der Waals surface area contributed by atoms with Crippen LogP contribution in [0.3, 0.4) is 0 Å². The predicted molar refractivity (Wildman–Crippen MR) is 107 cm³/mol. The molecule has 0 unspecified atom stereocenters. The van der Waals surface area contributed by atoms with E-state index in [9.17, 15) is 0 Å². The van der Waals surface area contributed by atoms with Crippen molar-refractivity contribution in [2.45, 2.75) is 0 Å². The number of benzene rings is 2. The standard InChI is InChI=1S/C20H20N6/c21-17-15-6-5-14(20-24-9-10-25-20)11-16(15)26-18(17)12-1-3-13(4-2-12)19-22-7-8-23-19/h1-6,11,26H,7-10,21H2,(H,22,23)(H,24,25). The molecule has 130 valence electrons. The fraction of sp³-hybridized carbons (Fsp3) is 0.200. The Balaban J connectivity index is 1.53. The van der Waals surface area contributed by atoms with Crippen LogP contribution in [0.5, 0.6) is 0 Å². The molecule has 6 heteroatoms. The van der Waals surface area contributed by atoms with Crippen LogP contribution in [0.4, 0.5) is 5.69 Å². The average molecular weight is 344 g/mol. The summed E-state index contributed by atoms with van der Waals surface area (Å²) >= 11 is 0. The lowest BCUT2D eigenvalue weighted by Gasteiger charge is -2.05. The number of hydrogen-bond acceptors (Lipinski definition) is 5. The number of aliphatic imine (C=N–C) groups is 2. The van der Waals surface area contributed by atoms with E-state index in [2.05, 4.69) is 68.1 Å². The molecule has 2 aliphatic heterocycles. The Kier molecular flexibility index (Phi) is 3.41. The van der Waals surface area contributed by atoms with E-state index in [0.29, 0.717) is 0 Å². The third-order valence-electron chi connectivity index (χ3n) is 4.91. The van der Waals surface area contributed by atoms with Gasteiger partial charge in [0.05, 0.1) is 24.5 Å². The van der Waals surface area contributed by atoms with Crippen molar-refractivity contribution < 1.29 is 0 Å². The second-order valence-electron chi connectivity index (χ2n) is 6.57. The van der Waals surface area contributed by atoms with E-state index in [4.69, 9.17) is 5.73 Å². The molecule has 6 nitrogen and oxygen atoms in total. The largest absolute Gasteiger partial charge is 0.396 e. The lowest BCUT2D eigenvalue weighted by molar-refractivity contribution is 0.960. The fourth-order valence-electron chi connectivity index (χ4n) is 3.57. The Morgan fingerprint density at radius 3 is 2.04 bits per heavy atom. The van der Waals surface area contributed by atoms with Crippen LogP contribution < -0.4 is 16.4 Å². The first-order valence-electron chi connectivity index (χ1n) is 8.88. The number of aromatic amines is 1. The maximum atomic E-state index is 6.42. The molecule has 5 N–H and O–H groups in total. The second kappa shape index (κ2) is 5.91. The molecule has 0 atom stereocenters. The van der Waals surface area contributed by atoms with E-state index in [1.807, 2.05) is 0 Å². The Morgan fingerprint density at radius 2 is 1.38 bits per heavy atom. The molecule has 0 spiro atoms. The molecule has 1 aromatic heterocycles. The van der Waals surface area contributed by atoms with Crippen molar-refractivity contribution >= 4 is 28.3 Å². The van der Waals surface area contributed by atoms with Crippen LogP contribution in [0.1, 0.15) is 11.1 Å². The average Bonchev–Trinajstić information content (AvgIpc) is 3.43. The van der Waals surface area contributed by atoms with Gasteiger partial charge in [0.25, 0.3) is 0 Å². The lowest BCUT2D eigenvalue weighted by Crippen LogP contribution is -2.19. The number of nitrogens with zero attached hydrogens (tertiary/aromatic N) is 2. The van der Waals surface area contributed by atoms with Gasteiger partial charge in [0, 0.05) is 40.7 Å². The molecule has 2 aromatic carbocycles. The molecule has 0 saturated heterocycles. The first-order chi connectivity index (χ1) is 12.8. The van der Waals surface area contributed by atoms with Gasteiger partial charge >= 0.3 is 0 Å². The van der Waals surface area contributed by atoms with Gasteiger partial charge in [-0.05, 0) is 6.07 Å². The third-order valence-corrected chi connectivity index (χ3v) is 4.91. The summed E-state index contributed by atoms with van der Waals surface area (Å²) in [6, 6.07) is 14.6. The van der Waals surface area contributed by atoms with Crippen molar-refractivity contribution in [2.24, 2.45) is 9.98 Å². The number of anilines is 1. The molecular formula is C20H20N6. The van der Waals surface area contributed by atoms with Crippen molar-refractivity contribution in [2.75, 3.05) is 31.9 Å². The Bertz CT molecular complexity index is 1040. The van der Waals surface area contributed by atoms with E-state index < -0.39 is 0 Å². The van der Waals surface area contributed by atoms with E-state index in [1.54, 1.807) is 0 Å². The normalized spacial score (nSPS) is 16.3. The minimum atomic E-state index is 0.775. The number of hydrogen-bond donors (Lipinski definition) is 4. The Labute approximate surface area is 151 Å². The van der Waals surface area contributed by atoms with Gasteiger partial charge in [0.15, 0.2) is 0 Å². The summed E-state index contributed by atoms with van der Waals surface area (Å²) in [7, 11) is 0. The summed E-state index contributed by atoms with van der Waals surface area (Å²) in [5.74, 6) is 1.92. The molecule has 3 aromatic rings. The maximum Gasteiger partial charge on any atom is 0.128 e. The van der Waals surface area contributed by atoms with Gasteiger partial charge in [-0.2, -0.15) is 0 Å². The highest BCUT2D eigenvalue weighted by molar-refractivity contribution is 6.06. The van der Waals surface area contributed by atoms with Crippen LogP contribution in [-0.4, -0.2) is 42.8 Å². The Morgan fingerprint density at radius 1 is 0.769 bits per heavy atom. The van der Waals surface area contributed by atoms with Crippen molar-refractivity contribution in [3.8, 4) is 11.3 Å². The zero-order chi connectivity index (χ0) is 17.5. The van der Waals surface area contributed by atoms with Crippen LogP contribution >= 0.6 is 0 Å².